The van der Waals surface area contributed by atoms with Gasteiger partial charge in [0.1, 0.15) is 0 Å². The number of carbonyl (C=O) groups excluding carboxylic acids is 1. The number of nitrogens with one attached hydrogen (secondary N) is 1. The smallest absolute Gasteiger partial charge is 0.261 e. The molecular weight excluding hydrogens is 372 g/mol. The predicted molar refractivity (Wildman–Crippen MR) is 117 cm³/mol. The van der Waals surface area contributed by atoms with Crippen LogP contribution < -0.4 is 5.32 Å². The summed E-state index contributed by atoms with van der Waals surface area (Å²) in [7, 11) is 0. The van der Waals surface area contributed by atoms with Crippen molar-refractivity contribution in [1.82, 2.24) is 10.2 Å². The van der Waals surface area contributed by atoms with Gasteiger partial charge in [-0.1, -0.05) is 91.0 Å². The van der Waals surface area contributed by atoms with Gasteiger partial charge in [-0.05, 0) is 29.0 Å². The van der Waals surface area contributed by atoms with Crippen LogP contribution in [0.2, 0.25) is 0 Å². The first-order chi connectivity index (χ1) is 14.6. The average molecular weight is 399 g/mol. The molecule has 2 atom stereocenters. The van der Waals surface area contributed by atoms with E-state index in [1.807, 2.05) is 66.7 Å². The van der Waals surface area contributed by atoms with Gasteiger partial charge in [-0.25, -0.2) is 0 Å². The van der Waals surface area contributed by atoms with Gasteiger partial charge in [0.25, 0.3) is 5.91 Å². The van der Waals surface area contributed by atoms with Gasteiger partial charge in [0.2, 0.25) is 0 Å². The molecule has 1 saturated heterocycles. The SMILES string of the molecule is O=C(N[C@@]12C[C@@H]1CN(Cc1ccccc1)C2)C(O)(c1ccccc1)c1ccccc1. The van der Waals surface area contributed by atoms with E-state index in [-0.39, 0.29) is 11.4 Å². The monoisotopic (exact) mass is 398 g/mol. The number of aliphatic hydroxyl groups is 1. The van der Waals surface area contributed by atoms with Crippen LogP contribution in [0.5, 0.6) is 0 Å². The zero-order chi connectivity index (χ0) is 20.6. The van der Waals surface area contributed by atoms with Gasteiger partial charge in [-0.3, -0.25) is 9.69 Å². The zero-order valence-corrected chi connectivity index (χ0v) is 16.9. The average Bonchev–Trinajstić information content (AvgIpc) is 3.34. The Hall–Kier alpha value is -2.95. The zero-order valence-electron chi connectivity index (χ0n) is 16.9. The summed E-state index contributed by atoms with van der Waals surface area (Å²) in [5.74, 6) is 0.102. The van der Waals surface area contributed by atoms with Crippen LogP contribution in [0.4, 0.5) is 0 Å². The highest BCUT2D eigenvalue weighted by Crippen LogP contribution is 2.50. The first kappa shape index (κ1) is 19.0. The molecule has 0 spiro atoms. The molecule has 1 amide bonds. The lowest BCUT2D eigenvalue weighted by atomic mass is 9.85. The Morgan fingerprint density at radius 2 is 1.47 bits per heavy atom. The van der Waals surface area contributed by atoms with E-state index in [0.717, 1.165) is 26.1 Å². The summed E-state index contributed by atoms with van der Waals surface area (Å²) in [6.45, 7) is 2.68. The van der Waals surface area contributed by atoms with E-state index < -0.39 is 5.60 Å². The van der Waals surface area contributed by atoms with Crippen molar-refractivity contribution in [3.8, 4) is 0 Å². The molecule has 0 aromatic heterocycles. The highest BCUT2D eigenvalue weighted by molar-refractivity contribution is 5.91. The topological polar surface area (TPSA) is 52.6 Å². The number of rotatable bonds is 6. The third kappa shape index (κ3) is 3.32. The highest BCUT2D eigenvalue weighted by atomic mass is 16.3. The van der Waals surface area contributed by atoms with Crippen LogP contribution in [0, 0.1) is 5.92 Å². The second-order valence-corrected chi connectivity index (χ2v) is 8.61. The van der Waals surface area contributed by atoms with E-state index in [9.17, 15) is 9.90 Å². The predicted octanol–water partition coefficient (Wildman–Crippen LogP) is 3.31. The van der Waals surface area contributed by atoms with Gasteiger partial charge in [0.15, 0.2) is 5.60 Å². The van der Waals surface area contributed by atoms with Crippen molar-refractivity contribution in [3.63, 3.8) is 0 Å². The second kappa shape index (κ2) is 7.38. The maximum Gasteiger partial charge on any atom is 0.261 e. The minimum Gasteiger partial charge on any atom is -0.372 e. The first-order valence-electron chi connectivity index (χ1n) is 10.5. The van der Waals surface area contributed by atoms with Gasteiger partial charge in [-0.15, -0.1) is 0 Å². The quantitative estimate of drug-likeness (QED) is 0.670. The van der Waals surface area contributed by atoms with Crippen LogP contribution in [-0.2, 0) is 16.9 Å². The molecule has 1 heterocycles. The van der Waals surface area contributed by atoms with E-state index in [0.29, 0.717) is 17.0 Å². The third-order valence-corrected chi connectivity index (χ3v) is 6.54. The Bertz CT molecular complexity index is 983. The van der Waals surface area contributed by atoms with E-state index in [1.54, 1.807) is 0 Å². The van der Waals surface area contributed by atoms with Gasteiger partial charge in [0.05, 0.1) is 5.54 Å². The van der Waals surface area contributed by atoms with Crippen LogP contribution in [0.1, 0.15) is 23.1 Å². The summed E-state index contributed by atoms with van der Waals surface area (Å²) < 4.78 is 0. The second-order valence-electron chi connectivity index (χ2n) is 8.61. The molecule has 1 aliphatic heterocycles. The standard InChI is InChI=1S/C26H26N2O2/c29-24(26(30,21-12-6-2-7-13-21)22-14-8-3-9-15-22)27-25-16-23(25)18-28(19-25)17-20-10-4-1-5-11-20/h1-15,23,30H,16-19H2,(H,27,29)/t23-,25-/m1/s1. The van der Waals surface area contributed by atoms with E-state index >= 15 is 0 Å². The molecule has 1 aliphatic carbocycles. The van der Waals surface area contributed by atoms with Crippen molar-refractivity contribution in [1.29, 1.82) is 0 Å². The summed E-state index contributed by atoms with van der Waals surface area (Å²) in [5, 5.41) is 14.9. The fraction of sp³-hybridized carbons (Fsp3) is 0.269. The first-order valence-corrected chi connectivity index (χ1v) is 10.5. The minimum atomic E-state index is -1.71. The fourth-order valence-electron chi connectivity index (χ4n) is 4.85. The number of amides is 1. The van der Waals surface area contributed by atoms with Crippen molar-refractivity contribution in [3.05, 3.63) is 108 Å². The van der Waals surface area contributed by atoms with Gasteiger partial charge in [0, 0.05) is 19.6 Å². The van der Waals surface area contributed by atoms with Crippen molar-refractivity contribution >= 4 is 5.91 Å². The summed E-state index contributed by atoms with van der Waals surface area (Å²) in [6.07, 6.45) is 0.976. The Kier molecular flexibility index (Phi) is 4.69. The largest absolute Gasteiger partial charge is 0.372 e. The normalized spacial score (nSPS) is 23.0. The lowest BCUT2D eigenvalue weighted by Gasteiger charge is -2.31. The number of hydrogen-bond acceptors (Lipinski definition) is 3. The van der Waals surface area contributed by atoms with E-state index in [1.165, 1.54) is 5.56 Å². The lowest BCUT2D eigenvalue weighted by molar-refractivity contribution is -0.137. The summed E-state index contributed by atoms with van der Waals surface area (Å²) in [4.78, 5) is 15.9. The molecular formula is C26H26N2O2. The van der Waals surface area contributed by atoms with Crippen molar-refractivity contribution in [2.24, 2.45) is 5.92 Å². The Morgan fingerprint density at radius 3 is 2.03 bits per heavy atom. The lowest BCUT2D eigenvalue weighted by Crippen LogP contribution is -2.52. The van der Waals surface area contributed by atoms with Gasteiger partial charge in [-0.2, -0.15) is 0 Å². The third-order valence-electron chi connectivity index (χ3n) is 6.54. The maximum absolute atomic E-state index is 13.5. The van der Waals surface area contributed by atoms with Gasteiger partial charge >= 0.3 is 0 Å². The Balaban J connectivity index is 1.37. The molecule has 2 fully saturated rings. The molecule has 4 nitrogen and oxygen atoms in total. The maximum atomic E-state index is 13.5. The van der Waals surface area contributed by atoms with E-state index in [2.05, 4.69) is 34.5 Å². The molecule has 2 N–H and O–H groups in total. The summed E-state index contributed by atoms with van der Waals surface area (Å²) in [6, 6.07) is 28.9. The molecule has 0 radical (unpaired) electrons. The fourth-order valence-corrected chi connectivity index (χ4v) is 4.85. The van der Waals surface area contributed by atoms with Crippen LogP contribution >= 0.6 is 0 Å². The molecule has 2 aliphatic rings. The molecule has 30 heavy (non-hydrogen) atoms. The molecule has 0 bridgehead atoms. The van der Waals surface area contributed by atoms with Crippen LogP contribution in [-0.4, -0.2) is 34.5 Å². The van der Waals surface area contributed by atoms with Gasteiger partial charge < -0.3 is 10.4 Å². The van der Waals surface area contributed by atoms with Crippen LogP contribution in [0.3, 0.4) is 0 Å². The number of hydrogen-bond donors (Lipinski definition) is 2. The minimum absolute atomic E-state index is 0.233. The Labute approximate surface area is 177 Å². The Morgan fingerprint density at radius 1 is 0.933 bits per heavy atom. The number of nitrogens with zero attached hydrogens (tertiary/aromatic N) is 1. The molecule has 4 heteroatoms. The summed E-state index contributed by atoms with van der Waals surface area (Å²) in [5.41, 5.74) is 0.508. The molecule has 3 aromatic rings. The molecule has 152 valence electrons. The molecule has 0 unspecified atom stereocenters. The highest BCUT2D eigenvalue weighted by Gasteiger charge is 2.62. The number of piperidine rings is 1. The van der Waals surface area contributed by atoms with Crippen molar-refractivity contribution in [2.75, 3.05) is 13.1 Å². The number of carbonyl (C=O) groups is 1. The number of benzene rings is 3. The van der Waals surface area contributed by atoms with Crippen LogP contribution in [0.25, 0.3) is 0 Å². The number of fused-ring (bicyclic) bond motifs is 1. The van der Waals surface area contributed by atoms with E-state index in [4.69, 9.17) is 0 Å². The number of likely N-dealkylation sites (tertiary alicyclic amines) is 1. The summed E-state index contributed by atoms with van der Waals surface area (Å²) >= 11 is 0. The van der Waals surface area contributed by atoms with Crippen molar-refractivity contribution in [2.45, 2.75) is 24.1 Å². The molecule has 3 aromatic carbocycles. The van der Waals surface area contributed by atoms with Crippen molar-refractivity contribution < 1.29 is 9.90 Å². The van der Waals surface area contributed by atoms with Crippen LogP contribution in [0.15, 0.2) is 91.0 Å². The molecule has 1 saturated carbocycles. The molecule has 5 rings (SSSR count).